The Kier molecular flexibility index (Phi) is 5.57. The monoisotopic (exact) mass is 384 g/mol. The Morgan fingerprint density at radius 1 is 1.18 bits per heavy atom. The number of anilines is 1. The highest BCUT2D eigenvalue weighted by molar-refractivity contribution is 5.77. The average Bonchev–Trinajstić information content (AvgIpc) is 2.74. The summed E-state index contributed by atoms with van der Waals surface area (Å²) in [4.78, 5) is 24.5. The molecular weight excluding hydrogens is 358 g/mol. The van der Waals surface area contributed by atoms with E-state index in [2.05, 4.69) is 20.2 Å². The standard InChI is InChI=1S/C20H25N5O3/c1-15(16-3-4-17-18(13-16)28-12-11-27-17)23-19(26)14-24-7-9-25(10-8-24)20-21-5-2-6-22-20/h2-6,13,15H,7-12,14H2,1H3,(H,23,26)/p+1/t15-/m0/s1. The molecule has 4 rings (SSSR count). The largest absolute Gasteiger partial charge is 0.486 e. The van der Waals surface area contributed by atoms with Crippen molar-refractivity contribution in [2.45, 2.75) is 13.0 Å². The molecule has 1 aromatic carbocycles. The van der Waals surface area contributed by atoms with Gasteiger partial charge in [-0.2, -0.15) is 0 Å². The molecule has 1 aromatic heterocycles. The molecule has 1 amide bonds. The van der Waals surface area contributed by atoms with Gasteiger partial charge in [0.25, 0.3) is 5.91 Å². The van der Waals surface area contributed by atoms with Gasteiger partial charge in [-0.3, -0.25) is 4.79 Å². The molecule has 0 aliphatic carbocycles. The van der Waals surface area contributed by atoms with E-state index in [1.54, 1.807) is 12.4 Å². The fourth-order valence-electron chi connectivity index (χ4n) is 3.59. The first kappa shape index (κ1) is 18.5. The van der Waals surface area contributed by atoms with Crippen LogP contribution in [0.5, 0.6) is 11.5 Å². The van der Waals surface area contributed by atoms with Crippen LogP contribution >= 0.6 is 0 Å². The molecule has 0 spiro atoms. The van der Waals surface area contributed by atoms with Gasteiger partial charge in [-0.15, -0.1) is 0 Å². The van der Waals surface area contributed by atoms with Crippen LogP contribution < -0.4 is 24.6 Å². The van der Waals surface area contributed by atoms with Crippen LogP contribution in [0.15, 0.2) is 36.7 Å². The minimum Gasteiger partial charge on any atom is -0.486 e. The number of quaternary nitrogens is 1. The third kappa shape index (κ3) is 4.33. The molecule has 1 atom stereocenters. The molecule has 0 unspecified atom stereocenters. The molecule has 2 N–H and O–H groups in total. The van der Waals surface area contributed by atoms with E-state index in [4.69, 9.17) is 9.47 Å². The smallest absolute Gasteiger partial charge is 0.275 e. The highest BCUT2D eigenvalue weighted by atomic mass is 16.6. The second-order valence-corrected chi connectivity index (χ2v) is 7.15. The Balaban J connectivity index is 1.27. The molecule has 28 heavy (non-hydrogen) atoms. The Morgan fingerprint density at radius 2 is 1.89 bits per heavy atom. The molecule has 2 aromatic rings. The van der Waals surface area contributed by atoms with Gasteiger partial charge in [0.05, 0.1) is 32.2 Å². The van der Waals surface area contributed by atoms with E-state index in [9.17, 15) is 4.79 Å². The van der Waals surface area contributed by atoms with Crippen LogP contribution in [0, 0.1) is 0 Å². The van der Waals surface area contributed by atoms with Crippen molar-refractivity contribution in [1.29, 1.82) is 0 Å². The van der Waals surface area contributed by atoms with Crippen LogP contribution in [0.1, 0.15) is 18.5 Å². The Hall–Kier alpha value is -2.87. The molecule has 0 saturated carbocycles. The maximum absolute atomic E-state index is 12.5. The van der Waals surface area contributed by atoms with Crippen molar-refractivity contribution in [3.8, 4) is 11.5 Å². The average molecular weight is 384 g/mol. The van der Waals surface area contributed by atoms with E-state index in [-0.39, 0.29) is 11.9 Å². The summed E-state index contributed by atoms with van der Waals surface area (Å²) in [6.07, 6.45) is 3.52. The van der Waals surface area contributed by atoms with Crippen molar-refractivity contribution >= 4 is 11.9 Å². The predicted octanol–water partition coefficient (Wildman–Crippen LogP) is -0.170. The van der Waals surface area contributed by atoms with Crippen LogP contribution in [-0.2, 0) is 4.79 Å². The van der Waals surface area contributed by atoms with Crippen LogP contribution in [0.25, 0.3) is 0 Å². The van der Waals surface area contributed by atoms with Crippen LogP contribution in [-0.4, -0.2) is 61.8 Å². The highest BCUT2D eigenvalue weighted by Crippen LogP contribution is 2.32. The number of ether oxygens (including phenoxy) is 2. The number of rotatable bonds is 5. The number of nitrogens with zero attached hydrogens (tertiary/aromatic N) is 3. The number of hydrogen-bond donors (Lipinski definition) is 2. The van der Waals surface area contributed by atoms with E-state index in [1.807, 2.05) is 31.2 Å². The first-order valence-corrected chi connectivity index (χ1v) is 9.73. The lowest BCUT2D eigenvalue weighted by molar-refractivity contribution is -0.892. The minimum absolute atomic E-state index is 0.0572. The maximum Gasteiger partial charge on any atom is 0.275 e. The summed E-state index contributed by atoms with van der Waals surface area (Å²) in [6, 6.07) is 7.57. The van der Waals surface area contributed by atoms with E-state index >= 15 is 0 Å². The molecule has 8 nitrogen and oxygen atoms in total. The van der Waals surface area contributed by atoms with Gasteiger partial charge in [-0.25, -0.2) is 9.97 Å². The molecule has 1 fully saturated rings. The van der Waals surface area contributed by atoms with Gasteiger partial charge in [0.15, 0.2) is 18.0 Å². The lowest BCUT2D eigenvalue weighted by atomic mass is 10.1. The number of amides is 1. The number of benzene rings is 1. The van der Waals surface area contributed by atoms with Crippen LogP contribution in [0.4, 0.5) is 5.95 Å². The fraction of sp³-hybridized carbons (Fsp3) is 0.450. The third-order valence-electron chi connectivity index (χ3n) is 5.16. The molecule has 2 aliphatic rings. The summed E-state index contributed by atoms with van der Waals surface area (Å²) in [5, 5.41) is 3.10. The number of hydrogen-bond acceptors (Lipinski definition) is 6. The zero-order chi connectivity index (χ0) is 19.3. The summed E-state index contributed by atoms with van der Waals surface area (Å²) in [7, 11) is 0. The molecule has 1 saturated heterocycles. The van der Waals surface area contributed by atoms with Crippen molar-refractivity contribution in [2.24, 2.45) is 0 Å². The van der Waals surface area contributed by atoms with Gasteiger partial charge in [0.1, 0.15) is 13.2 Å². The number of fused-ring (bicyclic) bond motifs is 1. The van der Waals surface area contributed by atoms with Gasteiger partial charge in [-0.1, -0.05) is 6.07 Å². The fourth-order valence-corrected chi connectivity index (χ4v) is 3.59. The summed E-state index contributed by atoms with van der Waals surface area (Å²) < 4.78 is 11.2. The lowest BCUT2D eigenvalue weighted by Gasteiger charge is -2.32. The topological polar surface area (TPSA) is 81.0 Å². The zero-order valence-electron chi connectivity index (χ0n) is 16.1. The van der Waals surface area contributed by atoms with Crippen molar-refractivity contribution < 1.29 is 19.2 Å². The number of piperazine rings is 1. The Bertz CT molecular complexity index is 809. The number of carbonyl (C=O) groups excluding carboxylic acids is 1. The second-order valence-electron chi connectivity index (χ2n) is 7.15. The van der Waals surface area contributed by atoms with E-state index in [1.165, 1.54) is 4.90 Å². The van der Waals surface area contributed by atoms with Gasteiger partial charge >= 0.3 is 0 Å². The Labute approximate surface area is 164 Å². The highest BCUT2D eigenvalue weighted by Gasteiger charge is 2.24. The summed E-state index contributed by atoms with van der Waals surface area (Å²) in [5.41, 5.74) is 1.01. The maximum atomic E-state index is 12.5. The van der Waals surface area contributed by atoms with E-state index in [0.717, 1.165) is 49.2 Å². The van der Waals surface area contributed by atoms with E-state index < -0.39 is 0 Å². The van der Waals surface area contributed by atoms with E-state index in [0.29, 0.717) is 19.8 Å². The molecule has 2 aliphatic heterocycles. The first-order valence-electron chi connectivity index (χ1n) is 9.73. The molecular formula is C20H26N5O3+. The summed E-state index contributed by atoms with van der Waals surface area (Å²) >= 11 is 0. The normalized spacial score (nSPS) is 17.8. The molecule has 148 valence electrons. The van der Waals surface area contributed by atoms with Crippen molar-refractivity contribution in [2.75, 3.05) is 50.8 Å². The second kappa shape index (κ2) is 8.43. The molecule has 0 bridgehead atoms. The van der Waals surface area contributed by atoms with Gasteiger partial charge < -0.3 is 24.6 Å². The van der Waals surface area contributed by atoms with Crippen molar-refractivity contribution in [3.05, 3.63) is 42.2 Å². The van der Waals surface area contributed by atoms with Gasteiger partial charge in [-0.05, 0) is 30.7 Å². The Morgan fingerprint density at radius 3 is 2.64 bits per heavy atom. The quantitative estimate of drug-likeness (QED) is 0.745. The molecule has 3 heterocycles. The zero-order valence-corrected chi connectivity index (χ0v) is 16.1. The van der Waals surface area contributed by atoms with Gasteiger partial charge in [0, 0.05) is 12.4 Å². The van der Waals surface area contributed by atoms with Crippen LogP contribution in [0.2, 0.25) is 0 Å². The first-order chi connectivity index (χ1) is 13.7. The van der Waals surface area contributed by atoms with Crippen molar-refractivity contribution in [1.82, 2.24) is 15.3 Å². The van der Waals surface area contributed by atoms with Crippen LogP contribution in [0.3, 0.4) is 0 Å². The minimum atomic E-state index is -0.0817. The predicted molar refractivity (Wildman–Crippen MR) is 104 cm³/mol. The van der Waals surface area contributed by atoms with Gasteiger partial charge in [0.2, 0.25) is 5.95 Å². The summed E-state index contributed by atoms with van der Waals surface area (Å²) in [6.45, 7) is 7.08. The number of carbonyl (C=O) groups is 1. The number of nitrogens with one attached hydrogen (secondary N) is 2. The molecule has 8 heteroatoms. The van der Waals surface area contributed by atoms with Crippen molar-refractivity contribution in [3.63, 3.8) is 0 Å². The SMILES string of the molecule is C[C@H](NC(=O)C[NH+]1CCN(c2ncccn2)CC1)c1ccc2c(c1)OCCO2. The molecule has 0 radical (unpaired) electrons. The summed E-state index contributed by atoms with van der Waals surface area (Å²) in [5.74, 6) is 2.33. The number of aromatic nitrogens is 2. The third-order valence-corrected chi connectivity index (χ3v) is 5.16. The lowest BCUT2D eigenvalue weighted by Crippen LogP contribution is -3.16.